The van der Waals surface area contributed by atoms with Gasteiger partial charge < -0.3 is 15.7 Å². The maximum atomic E-state index is 11.7. The van der Waals surface area contributed by atoms with Crippen molar-refractivity contribution < 1.29 is 14.7 Å². The van der Waals surface area contributed by atoms with Gasteiger partial charge in [-0.1, -0.05) is 11.6 Å². The Kier molecular flexibility index (Phi) is 4.22. The van der Waals surface area contributed by atoms with Gasteiger partial charge in [0.25, 0.3) is 0 Å². The van der Waals surface area contributed by atoms with Crippen molar-refractivity contribution in [1.82, 2.24) is 0 Å². The van der Waals surface area contributed by atoms with Crippen molar-refractivity contribution in [3.05, 3.63) is 53.6 Å². The molecule has 2 amide bonds. The number of carbonyl (C=O) groups is 2. The summed E-state index contributed by atoms with van der Waals surface area (Å²) in [6.07, 6.45) is 0. The Balaban J connectivity index is 1.96. The average Bonchev–Trinajstić information content (AvgIpc) is 2.44. The number of phenolic OH excluding ortho intramolecular Hbond substituents is 1. The lowest BCUT2D eigenvalue weighted by molar-refractivity contribution is -0.132. The zero-order valence-electron chi connectivity index (χ0n) is 10.3. The summed E-state index contributed by atoms with van der Waals surface area (Å²) >= 11 is 5.72. The third-order valence-electron chi connectivity index (χ3n) is 2.43. The quantitative estimate of drug-likeness (QED) is 0.587. The lowest BCUT2D eigenvalue weighted by atomic mass is 10.3. The first-order chi connectivity index (χ1) is 9.54. The number of hydrogen-bond acceptors (Lipinski definition) is 3. The summed E-state index contributed by atoms with van der Waals surface area (Å²) in [4.78, 5) is 23.3. The minimum Gasteiger partial charge on any atom is -0.508 e. The Hall–Kier alpha value is -2.53. The maximum absolute atomic E-state index is 11.7. The monoisotopic (exact) mass is 290 g/mol. The lowest BCUT2D eigenvalue weighted by Crippen LogP contribution is -2.28. The molecule has 0 aromatic heterocycles. The van der Waals surface area contributed by atoms with Gasteiger partial charge in [0.15, 0.2) is 0 Å². The van der Waals surface area contributed by atoms with E-state index in [2.05, 4.69) is 10.6 Å². The number of benzene rings is 2. The van der Waals surface area contributed by atoms with Crippen molar-refractivity contribution in [2.24, 2.45) is 0 Å². The molecule has 6 heteroatoms. The van der Waals surface area contributed by atoms with Crippen molar-refractivity contribution in [2.75, 3.05) is 10.6 Å². The molecule has 0 saturated carbocycles. The molecule has 0 unspecified atom stereocenters. The highest BCUT2D eigenvalue weighted by Gasteiger charge is 2.13. The molecule has 0 saturated heterocycles. The zero-order chi connectivity index (χ0) is 14.5. The summed E-state index contributed by atoms with van der Waals surface area (Å²) in [7, 11) is 0. The van der Waals surface area contributed by atoms with Crippen LogP contribution in [0, 0.1) is 0 Å². The van der Waals surface area contributed by atoms with Crippen LogP contribution in [0.4, 0.5) is 11.4 Å². The van der Waals surface area contributed by atoms with E-state index in [9.17, 15) is 9.59 Å². The minimum atomic E-state index is -0.800. The summed E-state index contributed by atoms with van der Waals surface area (Å²) in [6.45, 7) is 0. The van der Waals surface area contributed by atoms with Gasteiger partial charge in [0.1, 0.15) is 5.75 Å². The molecule has 5 nitrogen and oxygen atoms in total. The molecule has 0 spiro atoms. The molecular formula is C14H11ClN2O3. The fourth-order valence-electron chi connectivity index (χ4n) is 1.45. The molecule has 3 N–H and O–H groups in total. The predicted molar refractivity (Wildman–Crippen MR) is 76.8 cm³/mol. The molecular weight excluding hydrogens is 280 g/mol. The largest absolute Gasteiger partial charge is 0.508 e. The lowest BCUT2D eigenvalue weighted by Gasteiger charge is -2.06. The Morgan fingerprint density at radius 2 is 1.20 bits per heavy atom. The van der Waals surface area contributed by atoms with Crippen LogP contribution in [0.1, 0.15) is 0 Å². The van der Waals surface area contributed by atoms with Gasteiger partial charge >= 0.3 is 11.8 Å². The van der Waals surface area contributed by atoms with Gasteiger partial charge in [-0.15, -0.1) is 0 Å². The number of halogens is 1. The molecule has 0 fully saturated rings. The Bertz CT molecular complexity index is 566. The van der Waals surface area contributed by atoms with Crippen LogP contribution in [0.3, 0.4) is 0 Å². The van der Waals surface area contributed by atoms with E-state index in [1.165, 1.54) is 24.3 Å². The van der Waals surface area contributed by atoms with Crippen LogP contribution in [0.25, 0.3) is 0 Å². The third-order valence-corrected chi connectivity index (χ3v) is 2.69. The van der Waals surface area contributed by atoms with Crippen LogP contribution >= 0.6 is 11.6 Å². The van der Waals surface area contributed by atoms with E-state index in [4.69, 9.17) is 16.7 Å². The van der Waals surface area contributed by atoms with Crippen molar-refractivity contribution in [3.63, 3.8) is 0 Å². The van der Waals surface area contributed by atoms with E-state index in [0.717, 1.165) is 0 Å². The molecule has 0 radical (unpaired) electrons. The van der Waals surface area contributed by atoms with E-state index in [-0.39, 0.29) is 5.75 Å². The smallest absolute Gasteiger partial charge is 0.314 e. The molecule has 102 valence electrons. The number of anilines is 2. The van der Waals surface area contributed by atoms with Gasteiger partial charge in [0.2, 0.25) is 0 Å². The van der Waals surface area contributed by atoms with Gasteiger partial charge in [0, 0.05) is 16.4 Å². The number of phenols is 1. The minimum absolute atomic E-state index is 0.0774. The molecule has 0 aliphatic heterocycles. The van der Waals surface area contributed by atoms with Gasteiger partial charge in [-0.05, 0) is 48.5 Å². The van der Waals surface area contributed by atoms with Gasteiger partial charge in [-0.3, -0.25) is 9.59 Å². The number of rotatable bonds is 2. The van der Waals surface area contributed by atoms with E-state index < -0.39 is 11.8 Å². The topological polar surface area (TPSA) is 78.4 Å². The molecule has 0 heterocycles. The highest BCUT2D eigenvalue weighted by Crippen LogP contribution is 2.15. The van der Waals surface area contributed by atoms with Crippen molar-refractivity contribution >= 4 is 34.8 Å². The van der Waals surface area contributed by atoms with Crippen LogP contribution in [-0.2, 0) is 9.59 Å². The van der Waals surface area contributed by atoms with E-state index in [1.807, 2.05) is 0 Å². The zero-order valence-corrected chi connectivity index (χ0v) is 11.0. The van der Waals surface area contributed by atoms with Crippen LogP contribution < -0.4 is 10.6 Å². The Morgan fingerprint density at radius 3 is 1.65 bits per heavy atom. The van der Waals surface area contributed by atoms with Crippen LogP contribution in [-0.4, -0.2) is 16.9 Å². The number of aromatic hydroxyl groups is 1. The fourth-order valence-corrected chi connectivity index (χ4v) is 1.58. The fraction of sp³-hybridized carbons (Fsp3) is 0. The summed E-state index contributed by atoms with van der Waals surface area (Å²) in [5, 5.41) is 14.5. The first-order valence-electron chi connectivity index (χ1n) is 5.71. The van der Waals surface area contributed by atoms with Crippen molar-refractivity contribution in [1.29, 1.82) is 0 Å². The molecule has 0 bridgehead atoms. The summed E-state index contributed by atoms with van der Waals surface area (Å²) in [6, 6.07) is 12.2. The van der Waals surface area contributed by atoms with Gasteiger partial charge in [-0.25, -0.2) is 0 Å². The molecule has 2 aromatic rings. The second-order valence-electron chi connectivity index (χ2n) is 3.96. The SMILES string of the molecule is O=C(Nc1ccc(O)cc1)C(=O)Nc1ccc(Cl)cc1. The second kappa shape index (κ2) is 6.08. The summed E-state index contributed by atoms with van der Waals surface area (Å²) in [5.41, 5.74) is 0.888. The van der Waals surface area contributed by atoms with Crippen molar-refractivity contribution in [3.8, 4) is 5.75 Å². The molecule has 2 aromatic carbocycles. The van der Waals surface area contributed by atoms with Crippen LogP contribution in [0.15, 0.2) is 48.5 Å². The predicted octanol–water partition coefficient (Wildman–Crippen LogP) is 2.62. The van der Waals surface area contributed by atoms with Crippen LogP contribution in [0.5, 0.6) is 5.75 Å². The van der Waals surface area contributed by atoms with Gasteiger partial charge in [0.05, 0.1) is 0 Å². The summed E-state index contributed by atoms with van der Waals surface area (Å²) in [5.74, 6) is -1.51. The average molecular weight is 291 g/mol. The first-order valence-corrected chi connectivity index (χ1v) is 6.09. The first kappa shape index (κ1) is 13.9. The number of carbonyl (C=O) groups excluding carboxylic acids is 2. The normalized spacial score (nSPS) is 9.85. The van der Waals surface area contributed by atoms with E-state index in [0.29, 0.717) is 16.4 Å². The molecule has 0 aliphatic carbocycles. The van der Waals surface area contributed by atoms with E-state index >= 15 is 0 Å². The number of hydrogen-bond donors (Lipinski definition) is 3. The number of amides is 2. The number of nitrogens with one attached hydrogen (secondary N) is 2. The van der Waals surface area contributed by atoms with Gasteiger partial charge in [-0.2, -0.15) is 0 Å². The van der Waals surface area contributed by atoms with Crippen molar-refractivity contribution in [2.45, 2.75) is 0 Å². The summed E-state index contributed by atoms with van der Waals surface area (Å²) < 4.78 is 0. The molecule has 0 aliphatic rings. The van der Waals surface area contributed by atoms with E-state index in [1.54, 1.807) is 24.3 Å². The Morgan fingerprint density at radius 1 is 0.800 bits per heavy atom. The third kappa shape index (κ3) is 3.73. The molecule has 20 heavy (non-hydrogen) atoms. The molecule has 2 rings (SSSR count). The molecule has 0 atom stereocenters. The standard InChI is InChI=1S/C14H11ClN2O3/c15-9-1-3-10(4-2-9)16-13(19)14(20)17-11-5-7-12(18)8-6-11/h1-8,18H,(H,16,19)(H,17,20). The highest BCUT2D eigenvalue weighted by atomic mass is 35.5. The van der Waals surface area contributed by atoms with Crippen LogP contribution in [0.2, 0.25) is 5.02 Å². The Labute approximate surface area is 120 Å². The second-order valence-corrected chi connectivity index (χ2v) is 4.40. The maximum Gasteiger partial charge on any atom is 0.314 e. The highest BCUT2D eigenvalue weighted by molar-refractivity contribution is 6.43.